The number of nitrogens with zero attached hydrogens (tertiary/aromatic N) is 1. The summed E-state index contributed by atoms with van der Waals surface area (Å²) in [4.78, 5) is 22.2. The number of halogens is 1. The molecule has 0 radical (unpaired) electrons. The molecule has 7 heteroatoms. The number of carbonyl (C=O) groups is 1. The highest BCUT2D eigenvalue weighted by molar-refractivity contribution is 5.98. The van der Waals surface area contributed by atoms with Crippen molar-refractivity contribution in [3.05, 3.63) is 39.7 Å². The first-order valence-electron chi connectivity index (χ1n) is 6.40. The van der Waals surface area contributed by atoms with E-state index >= 15 is 0 Å². The predicted octanol–water partition coefficient (Wildman–Crippen LogP) is 1.77. The fraction of sp³-hybridized carbons (Fsp3) is 0.462. The molecule has 1 aliphatic carbocycles. The number of carbonyl (C=O) groups excluding carboxylic acids is 1. The van der Waals surface area contributed by atoms with Gasteiger partial charge in [0.25, 0.3) is 11.6 Å². The lowest BCUT2D eigenvalue weighted by Gasteiger charge is -2.26. The van der Waals surface area contributed by atoms with E-state index in [1.54, 1.807) is 0 Å². The molecule has 0 bridgehead atoms. The summed E-state index contributed by atoms with van der Waals surface area (Å²) in [6.07, 6.45) is 2.02. The number of hydrogen-bond donors (Lipinski definition) is 2. The van der Waals surface area contributed by atoms with Gasteiger partial charge < -0.3 is 10.4 Å². The van der Waals surface area contributed by atoms with Crippen LogP contribution in [0.15, 0.2) is 18.2 Å². The minimum atomic E-state index is -0.709. The van der Waals surface area contributed by atoms with E-state index in [9.17, 15) is 24.4 Å². The van der Waals surface area contributed by atoms with Gasteiger partial charge in [0, 0.05) is 12.1 Å². The van der Waals surface area contributed by atoms with E-state index in [0.717, 1.165) is 18.2 Å². The maximum atomic E-state index is 13.2. The van der Waals surface area contributed by atoms with Crippen LogP contribution in [-0.4, -0.2) is 28.1 Å². The van der Waals surface area contributed by atoms with Gasteiger partial charge in [-0.05, 0) is 37.8 Å². The lowest BCUT2D eigenvalue weighted by atomic mass is 9.93. The number of nitro benzene ring substituents is 1. The molecule has 1 amide bonds. The summed E-state index contributed by atoms with van der Waals surface area (Å²) >= 11 is 0. The van der Waals surface area contributed by atoms with Gasteiger partial charge >= 0.3 is 0 Å². The normalized spacial score (nSPS) is 22.3. The number of rotatable bonds is 3. The number of hydrogen-bond acceptors (Lipinski definition) is 4. The third-order valence-corrected chi connectivity index (χ3v) is 3.43. The molecule has 0 heterocycles. The first-order chi connectivity index (χ1) is 9.47. The van der Waals surface area contributed by atoms with Crippen LogP contribution < -0.4 is 5.32 Å². The first kappa shape index (κ1) is 14.4. The fourth-order valence-electron chi connectivity index (χ4n) is 2.33. The number of amides is 1. The summed E-state index contributed by atoms with van der Waals surface area (Å²) in [6.45, 7) is 0. The molecule has 2 rings (SSSR count). The van der Waals surface area contributed by atoms with Gasteiger partial charge in [0.05, 0.1) is 11.0 Å². The molecule has 108 valence electrons. The second-order valence-corrected chi connectivity index (χ2v) is 4.90. The lowest BCUT2D eigenvalue weighted by Crippen LogP contribution is -2.38. The van der Waals surface area contributed by atoms with Crippen LogP contribution >= 0.6 is 0 Å². The Kier molecular flexibility index (Phi) is 4.29. The zero-order valence-corrected chi connectivity index (χ0v) is 10.7. The van der Waals surface area contributed by atoms with Crippen molar-refractivity contribution in [2.45, 2.75) is 37.8 Å². The van der Waals surface area contributed by atoms with Crippen LogP contribution in [0.5, 0.6) is 0 Å². The molecular weight excluding hydrogens is 267 g/mol. The molecule has 1 aromatic carbocycles. The first-order valence-corrected chi connectivity index (χ1v) is 6.40. The number of aliphatic hydroxyl groups is 1. The van der Waals surface area contributed by atoms with Gasteiger partial charge in [0.2, 0.25) is 0 Å². The van der Waals surface area contributed by atoms with Crippen molar-refractivity contribution in [1.29, 1.82) is 0 Å². The molecular formula is C13H15FN2O4. The summed E-state index contributed by atoms with van der Waals surface area (Å²) in [6, 6.07) is 2.65. The van der Waals surface area contributed by atoms with Crippen LogP contribution in [0.1, 0.15) is 36.0 Å². The second-order valence-electron chi connectivity index (χ2n) is 4.90. The van der Waals surface area contributed by atoms with Crippen LogP contribution in [0.25, 0.3) is 0 Å². The number of aliphatic hydroxyl groups excluding tert-OH is 1. The molecule has 20 heavy (non-hydrogen) atoms. The molecule has 1 aliphatic rings. The highest BCUT2D eigenvalue weighted by Crippen LogP contribution is 2.22. The van der Waals surface area contributed by atoms with Crippen molar-refractivity contribution >= 4 is 11.6 Å². The Morgan fingerprint density at radius 1 is 1.35 bits per heavy atom. The zero-order valence-electron chi connectivity index (χ0n) is 10.7. The zero-order chi connectivity index (χ0) is 14.7. The monoisotopic (exact) mass is 282 g/mol. The van der Waals surface area contributed by atoms with Crippen LogP contribution in [-0.2, 0) is 0 Å². The van der Waals surface area contributed by atoms with Crippen LogP contribution in [0, 0.1) is 15.9 Å². The Balaban J connectivity index is 2.12. The van der Waals surface area contributed by atoms with E-state index in [1.807, 2.05) is 0 Å². The second kappa shape index (κ2) is 5.96. The maximum absolute atomic E-state index is 13.2. The smallest absolute Gasteiger partial charge is 0.282 e. The molecule has 0 spiro atoms. The minimum absolute atomic E-state index is 0.145. The summed E-state index contributed by atoms with van der Waals surface area (Å²) in [5.74, 6) is -1.35. The highest BCUT2D eigenvalue weighted by atomic mass is 19.1. The average Bonchev–Trinajstić information content (AvgIpc) is 2.41. The van der Waals surface area contributed by atoms with E-state index < -0.39 is 22.3 Å². The van der Waals surface area contributed by atoms with E-state index in [4.69, 9.17) is 0 Å². The van der Waals surface area contributed by atoms with Crippen molar-refractivity contribution in [2.75, 3.05) is 0 Å². The quantitative estimate of drug-likeness (QED) is 0.652. The largest absolute Gasteiger partial charge is 0.393 e. The summed E-state index contributed by atoms with van der Waals surface area (Å²) in [5.41, 5.74) is -0.694. The van der Waals surface area contributed by atoms with Crippen molar-refractivity contribution in [3.8, 4) is 0 Å². The summed E-state index contributed by atoms with van der Waals surface area (Å²) < 4.78 is 13.2. The third kappa shape index (κ3) is 3.30. The Bertz CT molecular complexity index is 527. The van der Waals surface area contributed by atoms with E-state index in [2.05, 4.69) is 5.32 Å². The van der Waals surface area contributed by atoms with Gasteiger partial charge in [-0.25, -0.2) is 4.39 Å². The number of nitrogens with one attached hydrogen (secondary N) is 1. The van der Waals surface area contributed by atoms with E-state index in [1.165, 1.54) is 0 Å². The van der Waals surface area contributed by atoms with Crippen LogP contribution in [0.2, 0.25) is 0 Å². The predicted molar refractivity (Wildman–Crippen MR) is 68.8 cm³/mol. The molecule has 0 unspecified atom stereocenters. The van der Waals surface area contributed by atoms with Crippen molar-refractivity contribution in [3.63, 3.8) is 0 Å². The SMILES string of the molecule is O=C(NC1CCC(O)CC1)c1cc(F)ccc1[N+](=O)[O-]. The Morgan fingerprint density at radius 3 is 2.60 bits per heavy atom. The molecule has 1 saturated carbocycles. The lowest BCUT2D eigenvalue weighted by molar-refractivity contribution is -0.385. The average molecular weight is 282 g/mol. The van der Waals surface area contributed by atoms with Crippen LogP contribution in [0.4, 0.5) is 10.1 Å². The van der Waals surface area contributed by atoms with Gasteiger partial charge in [0.1, 0.15) is 11.4 Å². The Labute approximate surface area is 114 Å². The van der Waals surface area contributed by atoms with Crippen molar-refractivity contribution in [2.24, 2.45) is 0 Å². The molecule has 2 N–H and O–H groups in total. The highest BCUT2D eigenvalue weighted by Gasteiger charge is 2.25. The van der Waals surface area contributed by atoms with Gasteiger partial charge in [-0.2, -0.15) is 0 Å². The third-order valence-electron chi connectivity index (χ3n) is 3.43. The van der Waals surface area contributed by atoms with E-state index in [0.29, 0.717) is 25.7 Å². The Hall–Kier alpha value is -2.02. The maximum Gasteiger partial charge on any atom is 0.282 e. The van der Waals surface area contributed by atoms with E-state index in [-0.39, 0.29) is 17.7 Å². The number of benzene rings is 1. The van der Waals surface area contributed by atoms with Gasteiger partial charge in [0.15, 0.2) is 0 Å². The standard InChI is InChI=1S/C13H15FN2O4/c14-8-1-6-12(16(19)20)11(7-8)13(18)15-9-2-4-10(17)5-3-9/h1,6-7,9-10,17H,2-5H2,(H,15,18). The van der Waals surface area contributed by atoms with Crippen molar-refractivity contribution in [1.82, 2.24) is 5.32 Å². The summed E-state index contributed by atoms with van der Waals surface area (Å²) in [7, 11) is 0. The molecule has 0 aliphatic heterocycles. The molecule has 0 saturated heterocycles. The fourth-order valence-corrected chi connectivity index (χ4v) is 2.33. The van der Waals surface area contributed by atoms with Gasteiger partial charge in [-0.15, -0.1) is 0 Å². The topological polar surface area (TPSA) is 92.5 Å². The number of nitro groups is 1. The molecule has 1 aromatic rings. The molecule has 0 aromatic heterocycles. The summed E-state index contributed by atoms with van der Waals surface area (Å²) in [5, 5.41) is 22.9. The van der Waals surface area contributed by atoms with Gasteiger partial charge in [-0.1, -0.05) is 0 Å². The molecule has 6 nitrogen and oxygen atoms in total. The van der Waals surface area contributed by atoms with Gasteiger partial charge in [-0.3, -0.25) is 14.9 Å². The molecule has 1 fully saturated rings. The molecule has 0 atom stereocenters. The van der Waals surface area contributed by atoms with Crippen molar-refractivity contribution < 1.29 is 19.2 Å². The Morgan fingerprint density at radius 2 is 2.00 bits per heavy atom. The minimum Gasteiger partial charge on any atom is -0.393 e. The van der Waals surface area contributed by atoms with Crippen LogP contribution in [0.3, 0.4) is 0 Å².